The fraction of sp³-hybridized carbons (Fsp3) is 0.462. The third kappa shape index (κ3) is 3.56. The first-order valence-corrected chi connectivity index (χ1v) is 5.33. The first-order valence-electron chi connectivity index (χ1n) is 5.33. The van der Waals surface area contributed by atoms with Crippen molar-refractivity contribution in [2.45, 2.75) is 20.4 Å². The maximum absolute atomic E-state index is 8.88. The molecule has 0 saturated carbocycles. The summed E-state index contributed by atoms with van der Waals surface area (Å²) in [6, 6.07) is 10.1. The highest BCUT2D eigenvalue weighted by Crippen LogP contribution is 2.17. The minimum atomic E-state index is -0.331. The number of hydrogen-bond acceptors (Lipinski definition) is 3. The smallest absolute Gasteiger partial charge is 0.123 e. The Labute approximate surface area is 97.0 Å². The van der Waals surface area contributed by atoms with Crippen LogP contribution in [0.25, 0.3) is 0 Å². The molecule has 0 heterocycles. The van der Waals surface area contributed by atoms with Crippen LogP contribution in [-0.2, 0) is 6.54 Å². The van der Waals surface area contributed by atoms with Gasteiger partial charge in [-0.15, -0.1) is 0 Å². The van der Waals surface area contributed by atoms with E-state index >= 15 is 0 Å². The van der Waals surface area contributed by atoms with Gasteiger partial charge in [0.2, 0.25) is 0 Å². The fourth-order valence-corrected chi connectivity index (χ4v) is 1.40. The highest BCUT2D eigenvalue weighted by Gasteiger charge is 2.15. The van der Waals surface area contributed by atoms with Crippen molar-refractivity contribution in [3.05, 3.63) is 29.8 Å². The molecule has 0 radical (unpaired) electrons. The molecule has 0 aromatic heterocycles. The summed E-state index contributed by atoms with van der Waals surface area (Å²) in [7, 11) is 1.66. The summed E-state index contributed by atoms with van der Waals surface area (Å²) in [5, 5.41) is 12.1. The van der Waals surface area contributed by atoms with E-state index in [0.29, 0.717) is 6.54 Å². The summed E-state index contributed by atoms with van der Waals surface area (Å²) in [6.07, 6.45) is 0. The topological polar surface area (TPSA) is 45.0 Å². The molecule has 0 spiro atoms. The zero-order valence-corrected chi connectivity index (χ0v) is 10.1. The monoisotopic (exact) mass is 218 g/mol. The minimum absolute atomic E-state index is 0.331. The van der Waals surface area contributed by atoms with Gasteiger partial charge >= 0.3 is 0 Å². The Bertz CT molecular complexity index is 380. The number of hydrogen-bond donors (Lipinski definition) is 1. The quantitative estimate of drug-likeness (QED) is 0.825. The second kappa shape index (κ2) is 5.53. The Morgan fingerprint density at radius 2 is 2.06 bits per heavy atom. The van der Waals surface area contributed by atoms with Gasteiger partial charge in [0.1, 0.15) is 5.75 Å². The molecule has 0 aliphatic rings. The fourth-order valence-electron chi connectivity index (χ4n) is 1.40. The summed E-state index contributed by atoms with van der Waals surface area (Å²) in [5.41, 5.74) is 0.779. The standard InChI is InChI=1S/C13H18N2O/c1-13(2,9-14)10-15-8-11-6-4-5-7-12(11)16-3/h4-7,15H,8,10H2,1-3H3. The normalized spacial score (nSPS) is 10.9. The summed E-state index contributed by atoms with van der Waals surface area (Å²) >= 11 is 0. The van der Waals surface area contributed by atoms with E-state index in [0.717, 1.165) is 17.9 Å². The molecule has 0 aliphatic heterocycles. The minimum Gasteiger partial charge on any atom is -0.496 e. The van der Waals surface area contributed by atoms with Crippen LogP contribution in [0.1, 0.15) is 19.4 Å². The SMILES string of the molecule is COc1ccccc1CNCC(C)(C)C#N. The number of para-hydroxylation sites is 1. The molecule has 0 unspecified atom stereocenters. The number of nitrogens with zero attached hydrogens (tertiary/aromatic N) is 1. The molecule has 0 saturated heterocycles. The van der Waals surface area contributed by atoms with E-state index in [1.165, 1.54) is 0 Å². The third-order valence-electron chi connectivity index (χ3n) is 2.38. The number of rotatable bonds is 5. The molecule has 0 aliphatic carbocycles. The van der Waals surface area contributed by atoms with Crippen LogP contribution in [0, 0.1) is 16.7 Å². The van der Waals surface area contributed by atoms with Gasteiger partial charge in [-0.05, 0) is 19.9 Å². The molecule has 3 heteroatoms. The Hall–Kier alpha value is -1.53. The van der Waals surface area contributed by atoms with E-state index < -0.39 is 0 Å². The van der Waals surface area contributed by atoms with Crippen LogP contribution in [0.4, 0.5) is 0 Å². The Kier molecular flexibility index (Phi) is 4.33. The maximum atomic E-state index is 8.88. The van der Waals surface area contributed by atoms with Gasteiger partial charge in [0.05, 0.1) is 18.6 Å². The van der Waals surface area contributed by atoms with Crippen molar-refractivity contribution in [1.29, 1.82) is 5.26 Å². The average molecular weight is 218 g/mol. The Morgan fingerprint density at radius 3 is 2.69 bits per heavy atom. The average Bonchev–Trinajstić information content (AvgIpc) is 2.29. The number of nitrogens with one attached hydrogen (secondary N) is 1. The van der Waals surface area contributed by atoms with Crippen molar-refractivity contribution in [1.82, 2.24) is 5.32 Å². The molecule has 86 valence electrons. The van der Waals surface area contributed by atoms with Crippen LogP contribution in [0.2, 0.25) is 0 Å². The first-order chi connectivity index (χ1) is 7.59. The third-order valence-corrected chi connectivity index (χ3v) is 2.38. The lowest BCUT2D eigenvalue weighted by atomic mass is 9.96. The summed E-state index contributed by atoms with van der Waals surface area (Å²) < 4.78 is 5.25. The van der Waals surface area contributed by atoms with Crippen LogP contribution in [0.15, 0.2) is 24.3 Å². The van der Waals surface area contributed by atoms with Crippen LogP contribution < -0.4 is 10.1 Å². The predicted molar refractivity (Wildman–Crippen MR) is 64.1 cm³/mol. The van der Waals surface area contributed by atoms with E-state index in [-0.39, 0.29) is 5.41 Å². The van der Waals surface area contributed by atoms with Gasteiger partial charge in [-0.1, -0.05) is 18.2 Å². The summed E-state index contributed by atoms with van der Waals surface area (Å²) in [4.78, 5) is 0. The molecule has 0 fully saturated rings. The van der Waals surface area contributed by atoms with Crippen molar-refractivity contribution in [2.75, 3.05) is 13.7 Å². The van der Waals surface area contributed by atoms with Gasteiger partial charge < -0.3 is 10.1 Å². The predicted octanol–water partition coefficient (Wildman–Crippen LogP) is 2.33. The van der Waals surface area contributed by atoms with Gasteiger partial charge in [-0.3, -0.25) is 0 Å². The largest absolute Gasteiger partial charge is 0.496 e. The molecule has 0 bridgehead atoms. The van der Waals surface area contributed by atoms with Gasteiger partial charge in [0, 0.05) is 18.7 Å². The molecule has 1 N–H and O–H groups in total. The van der Waals surface area contributed by atoms with E-state index in [1.807, 2.05) is 38.1 Å². The molecule has 0 atom stereocenters. The number of methoxy groups -OCH3 is 1. The summed E-state index contributed by atoms with van der Waals surface area (Å²) in [5.74, 6) is 0.879. The lowest BCUT2D eigenvalue weighted by Gasteiger charge is -2.16. The molecule has 1 aromatic rings. The number of benzene rings is 1. The molecule has 16 heavy (non-hydrogen) atoms. The Morgan fingerprint density at radius 1 is 1.38 bits per heavy atom. The molecular weight excluding hydrogens is 200 g/mol. The summed E-state index contributed by atoms with van der Waals surface area (Å²) in [6.45, 7) is 5.22. The lowest BCUT2D eigenvalue weighted by molar-refractivity contribution is 0.402. The van der Waals surface area contributed by atoms with Crippen molar-refractivity contribution in [3.8, 4) is 11.8 Å². The van der Waals surface area contributed by atoms with Crippen LogP contribution in [0.5, 0.6) is 5.75 Å². The maximum Gasteiger partial charge on any atom is 0.123 e. The molecule has 1 rings (SSSR count). The van der Waals surface area contributed by atoms with Crippen LogP contribution in [-0.4, -0.2) is 13.7 Å². The number of ether oxygens (including phenoxy) is 1. The van der Waals surface area contributed by atoms with Gasteiger partial charge in [0.15, 0.2) is 0 Å². The van der Waals surface area contributed by atoms with E-state index in [1.54, 1.807) is 7.11 Å². The van der Waals surface area contributed by atoms with E-state index in [4.69, 9.17) is 10.00 Å². The van der Waals surface area contributed by atoms with Crippen molar-refractivity contribution in [2.24, 2.45) is 5.41 Å². The highest BCUT2D eigenvalue weighted by molar-refractivity contribution is 5.32. The van der Waals surface area contributed by atoms with Gasteiger partial charge in [0.25, 0.3) is 0 Å². The Balaban J connectivity index is 2.53. The van der Waals surface area contributed by atoms with Crippen molar-refractivity contribution < 1.29 is 4.74 Å². The van der Waals surface area contributed by atoms with Crippen LogP contribution in [0.3, 0.4) is 0 Å². The lowest BCUT2D eigenvalue weighted by Crippen LogP contribution is -2.27. The molecule has 3 nitrogen and oxygen atoms in total. The first kappa shape index (κ1) is 12.5. The zero-order valence-electron chi connectivity index (χ0n) is 10.1. The molecule has 1 aromatic carbocycles. The molecular formula is C13H18N2O. The molecule has 0 amide bonds. The zero-order chi connectivity index (χ0) is 12.0. The van der Waals surface area contributed by atoms with Gasteiger partial charge in [-0.2, -0.15) is 5.26 Å². The second-order valence-electron chi connectivity index (χ2n) is 4.41. The highest BCUT2D eigenvalue weighted by atomic mass is 16.5. The van der Waals surface area contributed by atoms with Crippen molar-refractivity contribution >= 4 is 0 Å². The number of nitriles is 1. The van der Waals surface area contributed by atoms with Crippen LogP contribution >= 0.6 is 0 Å². The second-order valence-corrected chi connectivity index (χ2v) is 4.41. The van der Waals surface area contributed by atoms with Crippen molar-refractivity contribution in [3.63, 3.8) is 0 Å². The van der Waals surface area contributed by atoms with Gasteiger partial charge in [-0.25, -0.2) is 0 Å². The van der Waals surface area contributed by atoms with E-state index in [2.05, 4.69) is 11.4 Å². The van der Waals surface area contributed by atoms with E-state index in [9.17, 15) is 0 Å².